The number of nitrogens with zero attached hydrogens (tertiary/aromatic N) is 3. The van der Waals surface area contributed by atoms with Gasteiger partial charge in [-0.15, -0.1) is 11.3 Å². The normalized spacial score (nSPS) is 14.1. The number of hydrogen-bond acceptors (Lipinski definition) is 5. The number of carbonyl (C=O) groups excluding carboxylic acids is 1. The second kappa shape index (κ2) is 7.83. The van der Waals surface area contributed by atoms with Crippen LogP contribution in [-0.4, -0.2) is 32.7 Å². The number of aromatic nitrogens is 2. The highest BCUT2D eigenvalue weighted by molar-refractivity contribution is 7.18. The molecule has 0 spiro atoms. The van der Waals surface area contributed by atoms with Gasteiger partial charge in [0.2, 0.25) is 0 Å². The number of halogens is 1. The molecule has 3 heterocycles. The average molecular weight is 430 g/mol. The summed E-state index contributed by atoms with van der Waals surface area (Å²) in [6.07, 6.45) is 2.18. The van der Waals surface area contributed by atoms with Crippen LogP contribution >= 0.6 is 11.3 Å². The average Bonchev–Trinajstić information content (AvgIpc) is 3.05. The minimum Gasteiger partial charge on any atom is -0.444 e. The quantitative estimate of drug-likeness (QED) is 0.628. The molecule has 0 bridgehead atoms. The molecule has 3 aromatic rings. The highest BCUT2D eigenvalue weighted by Gasteiger charge is 2.29. The summed E-state index contributed by atoms with van der Waals surface area (Å²) in [5, 5.41) is 0.620. The molecule has 1 aliphatic heterocycles. The monoisotopic (exact) mass is 429 g/mol. The van der Waals surface area contributed by atoms with Crippen LogP contribution in [0.4, 0.5) is 9.18 Å². The lowest BCUT2D eigenvalue weighted by Gasteiger charge is -2.29. The Labute approximate surface area is 177 Å². The van der Waals surface area contributed by atoms with Gasteiger partial charge >= 0.3 is 6.09 Å². The standard InChI is InChI=1S/C22H24FN3O3S/c1-22(2,3)29-21(28)25-11-9-15-17(12-25)30-19-18(15)20(27)26(13-24-19)10-8-14-6-4-5-7-16(14)23/h4-7,13H,8-12H2,1-3H3. The Morgan fingerprint density at radius 3 is 2.80 bits per heavy atom. The zero-order valence-corrected chi connectivity index (χ0v) is 18.1. The number of thiophene rings is 1. The summed E-state index contributed by atoms with van der Waals surface area (Å²) in [5.41, 5.74) is 0.877. The third-order valence-corrected chi connectivity index (χ3v) is 6.18. The Hall–Kier alpha value is -2.74. The Bertz CT molecular complexity index is 1160. The van der Waals surface area contributed by atoms with Crippen molar-refractivity contribution < 1.29 is 13.9 Å². The van der Waals surface area contributed by atoms with Crippen LogP contribution in [0.25, 0.3) is 10.2 Å². The van der Waals surface area contributed by atoms with Crippen LogP contribution in [0.2, 0.25) is 0 Å². The van der Waals surface area contributed by atoms with Gasteiger partial charge in [0.15, 0.2) is 0 Å². The first kappa shape index (κ1) is 20.5. The van der Waals surface area contributed by atoms with Gasteiger partial charge in [-0.3, -0.25) is 9.36 Å². The van der Waals surface area contributed by atoms with Crippen LogP contribution in [0.1, 0.15) is 36.8 Å². The van der Waals surface area contributed by atoms with Crippen molar-refractivity contribution in [2.45, 2.75) is 52.3 Å². The molecule has 1 aromatic carbocycles. The predicted molar refractivity (Wildman–Crippen MR) is 114 cm³/mol. The van der Waals surface area contributed by atoms with Crippen molar-refractivity contribution in [1.82, 2.24) is 14.5 Å². The SMILES string of the molecule is CC(C)(C)OC(=O)N1CCc2c(sc3ncn(CCc4ccccc4F)c(=O)c23)C1. The van der Waals surface area contributed by atoms with E-state index in [-0.39, 0.29) is 17.5 Å². The second-order valence-electron chi connectivity index (χ2n) is 8.42. The third kappa shape index (κ3) is 4.09. The Morgan fingerprint density at radius 2 is 2.07 bits per heavy atom. The number of benzene rings is 1. The van der Waals surface area contributed by atoms with E-state index in [0.29, 0.717) is 48.3 Å². The van der Waals surface area contributed by atoms with E-state index >= 15 is 0 Å². The molecule has 30 heavy (non-hydrogen) atoms. The van der Waals surface area contributed by atoms with E-state index in [2.05, 4.69) is 4.98 Å². The smallest absolute Gasteiger partial charge is 0.410 e. The minimum atomic E-state index is -0.551. The fourth-order valence-electron chi connectivity index (χ4n) is 3.60. The molecule has 0 N–H and O–H groups in total. The first-order chi connectivity index (χ1) is 14.2. The number of hydrogen-bond donors (Lipinski definition) is 0. The molecule has 1 aliphatic rings. The third-order valence-electron chi connectivity index (χ3n) is 5.06. The summed E-state index contributed by atoms with van der Waals surface area (Å²) in [4.78, 5) is 33.3. The number of amides is 1. The van der Waals surface area contributed by atoms with Crippen molar-refractivity contribution in [3.8, 4) is 0 Å². The van der Waals surface area contributed by atoms with E-state index in [1.54, 1.807) is 27.7 Å². The van der Waals surface area contributed by atoms with Gasteiger partial charge in [0.1, 0.15) is 16.2 Å². The summed E-state index contributed by atoms with van der Waals surface area (Å²) in [5.74, 6) is -0.269. The molecule has 0 radical (unpaired) electrons. The van der Waals surface area contributed by atoms with Crippen LogP contribution in [0.3, 0.4) is 0 Å². The fraction of sp³-hybridized carbons (Fsp3) is 0.409. The zero-order chi connectivity index (χ0) is 21.5. The van der Waals surface area contributed by atoms with Crippen molar-refractivity contribution in [2.75, 3.05) is 6.54 Å². The molecule has 0 saturated heterocycles. The first-order valence-electron chi connectivity index (χ1n) is 9.94. The first-order valence-corrected chi connectivity index (χ1v) is 10.8. The highest BCUT2D eigenvalue weighted by atomic mass is 32.1. The maximum atomic E-state index is 13.9. The number of aryl methyl sites for hydroxylation is 2. The lowest BCUT2D eigenvalue weighted by Crippen LogP contribution is -2.39. The molecular formula is C22H24FN3O3S. The fourth-order valence-corrected chi connectivity index (χ4v) is 4.80. The van der Waals surface area contributed by atoms with Crippen molar-refractivity contribution in [3.05, 3.63) is 62.8 Å². The van der Waals surface area contributed by atoms with Gasteiger partial charge in [0.05, 0.1) is 18.3 Å². The molecule has 158 valence electrons. The molecule has 0 fully saturated rings. The Kier molecular flexibility index (Phi) is 5.36. The van der Waals surface area contributed by atoms with Crippen molar-refractivity contribution in [1.29, 1.82) is 0 Å². The Morgan fingerprint density at radius 1 is 1.30 bits per heavy atom. The van der Waals surface area contributed by atoms with E-state index in [1.165, 1.54) is 23.7 Å². The maximum absolute atomic E-state index is 13.9. The Balaban J connectivity index is 1.58. The molecule has 0 saturated carbocycles. The van der Waals surface area contributed by atoms with E-state index < -0.39 is 5.60 Å². The summed E-state index contributed by atoms with van der Waals surface area (Å²) < 4.78 is 20.9. The molecule has 0 unspecified atom stereocenters. The van der Waals surface area contributed by atoms with E-state index in [0.717, 1.165) is 10.4 Å². The van der Waals surface area contributed by atoms with Gasteiger partial charge in [-0.2, -0.15) is 0 Å². The van der Waals surface area contributed by atoms with Crippen LogP contribution in [-0.2, 0) is 30.7 Å². The van der Waals surface area contributed by atoms with Crippen LogP contribution in [0.15, 0.2) is 35.4 Å². The summed E-state index contributed by atoms with van der Waals surface area (Å²) in [6.45, 7) is 6.79. The van der Waals surface area contributed by atoms with Gasteiger partial charge < -0.3 is 9.64 Å². The molecule has 0 atom stereocenters. The molecule has 4 rings (SSSR count). The highest BCUT2D eigenvalue weighted by Crippen LogP contribution is 2.32. The van der Waals surface area contributed by atoms with Crippen LogP contribution < -0.4 is 5.56 Å². The zero-order valence-electron chi connectivity index (χ0n) is 17.3. The van der Waals surface area contributed by atoms with Gasteiger partial charge in [0, 0.05) is 18.0 Å². The molecule has 1 amide bonds. The topological polar surface area (TPSA) is 64.4 Å². The van der Waals surface area contributed by atoms with Crippen molar-refractivity contribution in [2.24, 2.45) is 0 Å². The largest absolute Gasteiger partial charge is 0.444 e. The molecular weight excluding hydrogens is 405 g/mol. The number of carbonyl (C=O) groups is 1. The molecule has 6 nitrogen and oxygen atoms in total. The summed E-state index contributed by atoms with van der Waals surface area (Å²) in [7, 11) is 0. The van der Waals surface area contributed by atoms with E-state index in [4.69, 9.17) is 4.74 Å². The summed E-state index contributed by atoms with van der Waals surface area (Å²) in [6, 6.07) is 6.58. The van der Waals surface area contributed by atoms with Gasteiger partial charge in [-0.05, 0) is 50.8 Å². The van der Waals surface area contributed by atoms with E-state index in [9.17, 15) is 14.0 Å². The lowest BCUT2D eigenvalue weighted by molar-refractivity contribution is 0.0227. The lowest BCUT2D eigenvalue weighted by atomic mass is 10.1. The van der Waals surface area contributed by atoms with Crippen LogP contribution in [0.5, 0.6) is 0 Å². The van der Waals surface area contributed by atoms with Gasteiger partial charge in [-0.25, -0.2) is 14.2 Å². The minimum absolute atomic E-state index is 0.112. The number of fused-ring (bicyclic) bond motifs is 3. The second-order valence-corrected chi connectivity index (χ2v) is 9.50. The van der Waals surface area contributed by atoms with Crippen molar-refractivity contribution >= 4 is 27.6 Å². The van der Waals surface area contributed by atoms with Gasteiger partial charge in [0.25, 0.3) is 5.56 Å². The number of ether oxygens (including phenoxy) is 1. The van der Waals surface area contributed by atoms with Crippen LogP contribution in [0, 0.1) is 5.82 Å². The molecule has 0 aliphatic carbocycles. The molecule has 2 aromatic heterocycles. The maximum Gasteiger partial charge on any atom is 0.410 e. The number of rotatable bonds is 3. The van der Waals surface area contributed by atoms with E-state index in [1.807, 2.05) is 20.8 Å². The van der Waals surface area contributed by atoms with Gasteiger partial charge in [-0.1, -0.05) is 18.2 Å². The predicted octanol–water partition coefficient (Wildman–Crippen LogP) is 4.13. The molecule has 8 heteroatoms. The summed E-state index contributed by atoms with van der Waals surface area (Å²) >= 11 is 1.44. The van der Waals surface area contributed by atoms with Crippen molar-refractivity contribution in [3.63, 3.8) is 0 Å².